The first-order chi connectivity index (χ1) is 10.1. The first kappa shape index (κ1) is 21.2. The molecule has 0 aromatic heterocycles. The van der Waals surface area contributed by atoms with E-state index in [1.165, 1.54) is 13.8 Å². The fourth-order valence-electron chi connectivity index (χ4n) is 1.12. The maximum atomic E-state index is 12.4. The highest BCUT2D eigenvalue weighted by molar-refractivity contribution is 5.82. The fourth-order valence-corrected chi connectivity index (χ4v) is 1.12. The van der Waals surface area contributed by atoms with Crippen LogP contribution < -0.4 is 0 Å². The molecule has 0 fully saturated rings. The molecule has 0 aliphatic carbocycles. The van der Waals surface area contributed by atoms with Crippen LogP contribution in [0.25, 0.3) is 0 Å². The van der Waals surface area contributed by atoms with Crippen LogP contribution in [-0.2, 0) is 19.1 Å². The lowest BCUT2D eigenvalue weighted by molar-refractivity contribution is -0.357. The summed E-state index contributed by atoms with van der Waals surface area (Å²) in [5.74, 6) is -3.80. The molecule has 0 aromatic carbocycles. The second-order valence-corrected chi connectivity index (χ2v) is 5.26. The molecule has 0 aliphatic rings. The smallest absolute Gasteiger partial charge is 0.437 e. The summed E-state index contributed by atoms with van der Waals surface area (Å²) in [5.41, 5.74) is -6.94. The predicted molar refractivity (Wildman–Crippen MR) is 63.0 cm³/mol. The van der Waals surface area contributed by atoms with Crippen LogP contribution >= 0.6 is 0 Å². The Kier molecular flexibility index (Phi) is 6.24. The van der Waals surface area contributed by atoms with Gasteiger partial charge in [-0.2, -0.15) is 26.3 Å². The average Bonchev–Trinajstić information content (AvgIpc) is 2.38. The van der Waals surface area contributed by atoms with Gasteiger partial charge in [0, 0.05) is 11.5 Å². The Morgan fingerprint density at radius 3 is 1.74 bits per heavy atom. The van der Waals surface area contributed by atoms with Crippen LogP contribution in [0.2, 0.25) is 0 Å². The van der Waals surface area contributed by atoms with Crippen LogP contribution in [0.3, 0.4) is 0 Å². The highest BCUT2D eigenvalue weighted by Crippen LogP contribution is 2.44. The SMILES string of the molecule is C=CC(=O)OCC(C)(C)COC(=O)C(O)(C(F)(F)F)C(F)(F)F. The zero-order valence-corrected chi connectivity index (χ0v) is 12.0. The van der Waals surface area contributed by atoms with Crippen molar-refractivity contribution in [3.8, 4) is 0 Å². The summed E-state index contributed by atoms with van der Waals surface area (Å²) in [5, 5.41) is 8.78. The Labute approximate surface area is 126 Å². The number of hydrogen-bond donors (Lipinski definition) is 1. The van der Waals surface area contributed by atoms with Crippen LogP contribution in [0.1, 0.15) is 13.8 Å². The molecule has 0 spiro atoms. The number of aliphatic hydroxyl groups is 1. The molecule has 11 heteroatoms. The zero-order chi connectivity index (χ0) is 18.7. The standard InChI is InChI=1S/C12H14F6O5/c1-4-7(19)22-5-9(2,3)6-23-8(20)10(21,11(13,14)15)12(16,17)18/h4,21H,1,5-6H2,2-3H3. The van der Waals surface area contributed by atoms with E-state index >= 15 is 0 Å². The van der Waals surface area contributed by atoms with E-state index in [1.807, 2.05) is 0 Å². The van der Waals surface area contributed by atoms with Crippen LogP contribution in [0.5, 0.6) is 0 Å². The Morgan fingerprint density at radius 2 is 1.39 bits per heavy atom. The highest BCUT2D eigenvalue weighted by atomic mass is 19.4. The number of ether oxygens (including phenoxy) is 2. The quantitative estimate of drug-likeness (QED) is 0.450. The lowest BCUT2D eigenvalue weighted by Crippen LogP contribution is -2.63. The molecule has 0 aromatic rings. The van der Waals surface area contributed by atoms with E-state index in [0.29, 0.717) is 0 Å². The van der Waals surface area contributed by atoms with Gasteiger partial charge in [0.05, 0.1) is 13.2 Å². The predicted octanol–water partition coefficient (Wildman–Crippen LogP) is 2.14. The van der Waals surface area contributed by atoms with E-state index in [9.17, 15) is 35.9 Å². The van der Waals surface area contributed by atoms with Gasteiger partial charge in [0.1, 0.15) is 0 Å². The van der Waals surface area contributed by atoms with Crippen LogP contribution in [0, 0.1) is 5.41 Å². The van der Waals surface area contributed by atoms with E-state index in [4.69, 9.17) is 5.11 Å². The summed E-state index contributed by atoms with van der Waals surface area (Å²) < 4.78 is 83.0. The lowest BCUT2D eigenvalue weighted by Gasteiger charge is -2.31. The first-order valence-electron chi connectivity index (χ1n) is 5.91. The van der Waals surface area contributed by atoms with E-state index in [0.717, 1.165) is 6.08 Å². The summed E-state index contributed by atoms with van der Waals surface area (Å²) in [6, 6.07) is 0. The Morgan fingerprint density at radius 1 is 1.00 bits per heavy atom. The van der Waals surface area contributed by atoms with Crippen molar-refractivity contribution >= 4 is 11.9 Å². The molecular formula is C12H14F6O5. The van der Waals surface area contributed by atoms with Crippen molar-refractivity contribution in [2.75, 3.05) is 13.2 Å². The van der Waals surface area contributed by atoms with Crippen molar-refractivity contribution in [3.05, 3.63) is 12.7 Å². The molecule has 23 heavy (non-hydrogen) atoms. The molecule has 0 aliphatic heterocycles. The molecule has 0 radical (unpaired) electrons. The summed E-state index contributed by atoms with van der Waals surface area (Å²) in [7, 11) is 0. The van der Waals surface area contributed by atoms with Gasteiger partial charge in [0.15, 0.2) is 0 Å². The Balaban J connectivity index is 5.04. The number of carbonyl (C=O) groups excluding carboxylic acids is 2. The third-order valence-electron chi connectivity index (χ3n) is 2.48. The number of hydrogen-bond acceptors (Lipinski definition) is 5. The maximum Gasteiger partial charge on any atom is 0.437 e. The fraction of sp³-hybridized carbons (Fsp3) is 0.667. The topological polar surface area (TPSA) is 72.8 Å². The third-order valence-corrected chi connectivity index (χ3v) is 2.48. The van der Waals surface area contributed by atoms with Crippen LogP contribution in [0.15, 0.2) is 12.7 Å². The van der Waals surface area contributed by atoms with Gasteiger partial charge in [-0.15, -0.1) is 0 Å². The third kappa shape index (κ3) is 5.12. The molecule has 134 valence electrons. The molecule has 0 bridgehead atoms. The van der Waals surface area contributed by atoms with E-state index < -0.39 is 48.5 Å². The van der Waals surface area contributed by atoms with Crippen molar-refractivity contribution in [1.82, 2.24) is 0 Å². The maximum absolute atomic E-state index is 12.4. The van der Waals surface area contributed by atoms with Gasteiger partial charge in [-0.05, 0) is 0 Å². The van der Waals surface area contributed by atoms with Crippen LogP contribution in [0.4, 0.5) is 26.3 Å². The number of rotatable bonds is 6. The normalized spacial score (nSPS) is 13.4. The second kappa shape index (κ2) is 6.77. The second-order valence-electron chi connectivity index (χ2n) is 5.26. The molecular weight excluding hydrogens is 338 g/mol. The van der Waals surface area contributed by atoms with Crippen molar-refractivity contribution in [3.63, 3.8) is 0 Å². The Bertz CT molecular complexity index is 452. The van der Waals surface area contributed by atoms with Gasteiger partial charge in [-0.1, -0.05) is 20.4 Å². The summed E-state index contributed by atoms with van der Waals surface area (Å²) in [6.07, 6.45) is -11.8. The molecule has 0 rings (SSSR count). The van der Waals surface area contributed by atoms with Gasteiger partial charge < -0.3 is 14.6 Å². The highest BCUT2D eigenvalue weighted by Gasteiger charge is 2.76. The van der Waals surface area contributed by atoms with E-state index in [1.54, 1.807) is 0 Å². The van der Waals surface area contributed by atoms with Gasteiger partial charge in [0.2, 0.25) is 0 Å². The van der Waals surface area contributed by atoms with Crippen molar-refractivity contribution in [2.24, 2.45) is 5.41 Å². The summed E-state index contributed by atoms with van der Waals surface area (Å²) >= 11 is 0. The summed E-state index contributed by atoms with van der Waals surface area (Å²) in [6.45, 7) is 4.13. The average molecular weight is 352 g/mol. The van der Waals surface area contributed by atoms with Crippen LogP contribution in [-0.4, -0.2) is 48.2 Å². The lowest BCUT2D eigenvalue weighted by atomic mass is 9.96. The zero-order valence-electron chi connectivity index (χ0n) is 12.0. The Hall–Kier alpha value is -1.78. The number of halogens is 6. The van der Waals surface area contributed by atoms with Gasteiger partial charge in [-0.25, -0.2) is 9.59 Å². The number of alkyl halides is 6. The van der Waals surface area contributed by atoms with Gasteiger partial charge in [0.25, 0.3) is 0 Å². The first-order valence-corrected chi connectivity index (χ1v) is 5.91. The molecule has 0 unspecified atom stereocenters. The molecule has 1 N–H and O–H groups in total. The largest absolute Gasteiger partial charge is 0.462 e. The minimum atomic E-state index is -6.32. The van der Waals surface area contributed by atoms with Crippen molar-refractivity contribution in [1.29, 1.82) is 0 Å². The van der Waals surface area contributed by atoms with Gasteiger partial charge in [-0.3, -0.25) is 0 Å². The van der Waals surface area contributed by atoms with Gasteiger partial charge >= 0.3 is 29.9 Å². The van der Waals surface area contributed by atoms with Crippen molar-refractivity contribution < 1.29 is 50.5 Å². The number of esters is 2. The molecule has 0 atom stereocenters. The number of carbonyl (C=O) groups is 2. The van der Waals surface area contributed by atoms with E-state index in [-0.39, 0.29) is 0 Å². The summed E-state index contributed by atoms with van der Waals surface area (Å²) in [4.78, 5) is 22.0. The minimum absolute atomic E-state index is 0.471. The van der Waals surface area contributed by atoms with Crippen molar-refractivity contribution in [2.45, 2.75) is 31.8 Å². The molecule has 0 saturated carbocycles. The van der Waals surface area contributed by atoms with E-state index in [2.05, 4.69) is 16.1 Å². The monoisotopic (exact) mass is 352 g/mol. The molecule has 5 nitrogen and oxygen atoms in total. The molecule has 0 heterocycles. The minimum Gasteiger partial charge on any atom is -0.462 e. The molecule has 0 saturated heterocycles. The molecule has 0 amide bonds.